The van der Waals surface area contributed by atoms with Gasteiger partial charge in [-0.05, 0) is 71.2 Å². The Bertz CT molecular complexity index is 1330. The van der Waals surface area contributed by atoms with Crippen molar-refractivity contribution in [3.05, 3.63) is 107 Å². The molecule has 1 saturated heterocycles. The van der Waals surface area contributed by atoms with Gasteiger partial charge in [0.05, 0.1) is 31.7 Å². The summed E-state index contributed by atoms with van der Waals surface area (Å²) in [5.74, 6) is 0.352. The van der Waals surface area contributed by atoms with E-state index in [0.717, 1.165) is 39.3 Å². The van der Waals surface area contributed by atoms with Crippen molar-refractivity contribution in [2.24, 2.45) is 23.7 Å². The summed E-state index contributed by atoms with van der Waals surface area (Å²) in [6.07, 6.45) is 4.25. The highest BCUT2D eigenvalue weighted by Crippen LogP contribution is 2.59. The third-order valence-electron chi connectivity index (χ3n) is 7.72. The summed E-state index contributed by atoms with van der Waals surface area (Å²) >= 11 is 0. The molecule has 0 N–H and O–H groups in total. The number of carbonyl (C=O) groups is 2. The lowest BCUT2D eigenvalue weighted by Gasteiger charge is -2.22. The van der Waals surface area contributed by atoms with E-state index in [1.54, 1.807) is 14.2 Å². The number of allylic oxidation sites excluding steroid dienone is 3. The molecule has 5 heteroatoms. The lowest BCUT2D eigenvalue weighted by atomic mass is 9.85. The zero-order chi connectivity index (χ0) is 25.0. The summed E-state index contributed by atoms with van der Waals surface area (Å²) < 4.78 is 10.8. The average Bonchev–Trinajstić information content (AvgIpc) is 3.54. The molecule has 36 heavy (non-hydrogen) atoms. The maximum Gasteiger partial charge on any atom is 0.238 e. The first-order valence-corrected chi connectivity index (χ1v) is 12.2. The number of carbonyl (C=O) groups excluding carboxylic acids is 2. The third-order valence-corrected chi connectivity index (χ3v) is 7.72. The van der Waals surface area contributed by atoms with Gasteiger partial charge in [-0.15, -0.1) is 0 Å². The molecule has 3 aliphatic rings. The number of anilines is 1. The molecule has 2 aliphatic carbocycles. The molecule has 180 valence electrons. The standard InChI is InChI=1S/C31H27NO4/c1-18-5-4-6-21(17-18)32-30(33)28-24-15-16-25(29(28)31(32)34)27(24)26(19-7-11-22(35-2)12-8-19)20-9-13-23(36-3)14-10-20/h4-17,24-25,28-29H,1-3H3. The predicted molar refractivity (Wildman–Crippen MR) is 139 cm³/mol. The van der Waals surface area contributed by atoms with Gasteiger partial charge < -0.3 is 9.47 Å². The van der Waals surface area contributed by atoms with Gasteiger partial charge in [0.1, 0.15) is 11.5 Å². The van der Waals surface area contributed by atoms with Gasteiger partial charge in [0.15, 0.2) is 0 Å². The molecule has 1 aliphatic heterocycles. The summed E-state index contributed by atoms with van der Waals surface area (Å²) in [6.45, 7) is 1.97. The Kier molecular flexibility index (Phi) is 5.29. The first-order chi connectivity index (χ1) is 17.5. The Labute approximate surface area is 210 Å². The molecule has 0 radical (unpaired) electrons. The molecule has 5 nitrogen and oxygen atoms in total. The normalized spacial score (nSPS) is 23.9. The largest absolute Gasteiger partial charge is 0.497 e. The third kappa shape index (κ3) is 3.30. The van der Waals surface area contributed by atoms with Crippen molar-refractivity contribution in [2.75, 3.05) is 19.1 Å². The van der Waals surface area contributed by atoms with Crippen LogP contribution in [0.2, 0.25) is 0 Å². The van der Waals surface area contributed by atoms with Crippen LogP contribution in [0.25, 0.3) is 5.57 Å². The topological polar surface area (TPSA) is 55.8 Å². The number of nitrogens with zero attached hydrogens (tertiary/aromatic N) is 1. The molecule has 0 spiro atoms. The zero-order valence-electron chi connectivity index (χ0n) is 20.5. The van der Waals surface area contributed by atoms with Crippen LogP contribution in [0, 0.1) is 30.6 Å². The molecule has 2 bridgehead atoms. The maximum absolute atomic E-state index is 13.7. The van der Waals surface area contributed by atoms with Crippen molar-refractivity contribution in [2.45, 2.75) is 6.92 Å². The van der Waals surface area contributed by atoms with Gasteiger partial charge in [0, 0.05) is 11.8 Å². The SMILES string of the molecule is COc1ccc(C(=C2C3C=CC2C2C(=O)N(c4cccc(C)c4)C(=O)C32)c2ccc(OC)cc2)cc1. The Morgan fingerprint density at radius 3 is 1.67 bits per heavy atom. The lowest BCUT2D eigenvalue weighted by Crippen LogP contribution is -2.33. The number of imide groups is 1. The molecule has 2 fully saturated rings. The van der Waals surface area contributed by atoms with E-state index in [9.17, 15) is 9.59 Å². The van der Waals surface area contributed by atoms with Crippen LogP contribution in [0.4, 0.5) is 5.69 Å². The Balaban J connectivity index is 1.48. The Morgan fingerprint density at radius 1 is 0.722 bits per heavy atom. The summed E-state index contributed by atoms with van der Waals surface area (Å²) in [5.41, 5.74) is 5.96. The second kappa shape index (κ2) is 8.52. The summed E-state index contributed by atoms with van der Waals surface area (Å²) in [5, 5.41) is 0. The van der Waals surface area contributed by atoms with Crippen LogP contribution in [-0.2, 0) is 9.59 Å². The van der Waals surface area contributed by atoms with E-state index in [2.05, 4.69) is 12.2 Å². The van der Waals surface area contributed by atoms with Crippen LogP contribution in [0.15, 0.2) is 90.5 Å². The number of ether oxygens (including phenoxy) is 2. The van der Waals surface area contributed by atoms with Crippen molar-refractivity contribution in [3.63, 3.8) is 0 Å². The van der Waals surface area contributed by atoms with Crippen LogP contribution in [0.5, 0.6) is 11.5 Å². The van der Waals surface area contributed by atoms with Crippen LogP contribution in [-0.4, -0.2) is 26.0 Å². The smallest absolute Gasteiger partial charge is 0.238 e. The van der Waals surface area contributed by atoms with Crippen LogP contribution >= 0.6 is 0 Å². The number of hydrogen-bond acceptors (Lipinski definition) is 4. The predicted octanol–water partition coefficient (Wildman–Crippen LogP) is 5.44. The van der Waals surface area contributed by atoms with Crippen LogP contribution < -0.4 is 14.4 Å². The van der Waals surface area contributed by atoms with Crippen molar-refractivity contribution < 1.29 is 19.1 Å². The molecule has 4 atom stereocenters. The maximum atomic E-state index is 13.7. The van der Waals surface area contributed by atoms with E-state index in [-0.39, 0.29) is 35.5 Å². The van der Waals surface area contributed by atoms with E-state index in [1.807, 2.05) is 79.7 Å². The number of rotatable bonds is 5. The fourth-order valence-corrected chi connectivity index (χ4v) is 6.13. The fourth-order valence-electron chi connectivity index (χ4n) is 6.13. The number of benzene rings is 3. The van der Waals surface area contributed by atoms with Gasteiger partial charge in [-0.1, -0.05) is 48.6 Å². The van der Waals surface area contributed by atoms with Crippen molar-refractivity contribution in [3.8, 4) is 11.5 Å². The molecule has 2 amide bonds. The van der Waals surface area contributed by atoms with E-state index in [1.165, 1.54) is 4.90 Å². The van der Waals surface area contributed by atoms with Gasteiger partial charge in [-0.2, -0.15) is 0 Å². The van der Waals surface area contributed by atoms with E-state index in [0.29, 0.717) is 5.69 Å². The zero-order valence-corrected chi connectivity index (χ0v) is 20.5. The Morgan fingerprint density at radius 2 is 1.22 bits per heavy atom. The van der Waals surface area contributed by atoms with Gasteiger partial charge in [-0.3, -0.25) is 9.59 Å². The number of hydrogen-bond donors (Lipinski definition) is 0. The average molecular weight is 478 g/mol. The highest BCUT2D eigenvalue weighted by molar-refractivity contribution is 6.23. The summed E-state index contributed by atoms with van der Waals surface area (Å²) in [6, 6.07) is 23.6. The second-order valence-electron chi connectivity index (χ2n) is 9.63. The van der Waals surface area contributed by atoms with E-state index in [4.69, 9.17) is 9.47 Å². The Hall–Kier alpha value is -4.12. The molecule has 3 aromatic carbocycles. The monoisotopic (exact) mass is 477 g/mol. The van der Waals surface area contributed by atoms with Crippen molar-refractivity contribution in [1.82, 2.24) is 0 Å². The number of aryl methyl sites for hydroxylation is 1. The molecule has 1 heterocycles. The van der Waals surface area contributed by atoms with E-state index >= 15 is 0 Å². The van der Waals surface area contributed by atoms with E-state index < -0.39 is 0 Å². The lowest BCUT2D eigenvalue weighted by molar-refractivity contribution is -0.122. The minimum absolute atomic E-state index is 0.103. The van der Waals surface area contributed by atoms with Crippen LogP contribution in [0.3, 0.4) is 0 Å². The van der Waals surface area contributed by atoms with Crippen LogP contribution in [0.1, 0.15) is 16.7 Å². The molecule has 4 unspecified atom stereocenters. The van der Waals surface area contributed by atoms with Crippen molar-refractivity contribution >= 4 is 23.1 Å². The van der Waals surface area contributed by atoms with Gasteiger partial charge >= 0.3 is 0 Å². The summed E-state index contributed by atoms with van der Waals surface area (Å²) in [4.78, 5) is 28.9. The highest BCUT2D eigenvalue weighted by Gasteiger charge is 2.62. The van der Waals surface area contributed by atoms with Gasteiger partial charge in [0.2, 0.25) is 11.8 Å². The molecular formula is C31H27NO4. The first-order valence-electron chi connectivity index (χ1n) is 12.2. The number of methoxy groups -OCH3 is 2. The summed E-state index contributed by atoms with van der Waals surface area (Å²) in [7, 11) is 3.30. The minimum Gasteiger partial charge on any atom is -0.497 e. The first kappa shape index (κ1) is 22.4. The highest BCUT2D eigenvalue weighted by atomic mass is 16.5. The fraction of sp³-hybridized carbons (Fsp3) is 0.226. The quantitative estimate of drug-likeness (QED) is 0.363. The van der Waals surface area contributed by atoms with Crippen molar-refractivity contribution in [1.29, 1.82) is 0 Å². The number of amides is 2. The molecule has 0 aromatic heterocycles. The molecular weight excluding hydrogens is 450 g/mol. The molecule has 3 aromatic rings. The minimum atomic E-state index is -0.380. The van der Waals surface area contributed by atoms with Gasteiger partial charge in [0.25, 0.3) is 0 Å². The molecule has 6 rings (SSSR count). The molecule has 1 saturated carbocycles. The second-order valence-corrected chi connectivity index (χ2v) is 9.63. The van der Waals surface area contributed by atoms with Gasteiger partial charge in [-0.25, -0.2) is 4.90 Å². The number of fused-ring (bicyclic) bond motifs is 5.